The molecule has 0 fully saturated rings. The van der Waals surface area contributed by atoms with Crippen LogP contribution < -0.4 is 10.5 Å². The Morgan fingerprint density at radius 1 is 1.17 bits per heavy atom. The lowest BCUT2D eigenvalue weighted by Gasteiger charge is -2.16. The third-order valence-corrected chi connectivity index (χ3v) is 4.16. The molecule has 24 heavy (non-hydrogen) atoms. The number of aromatic nitrogens is 2. The van der Waals surface area contributed by atoms with Gasteiger partial charge in [0, 0.05) is 30.8 Å². The number of benzene rings is 2. The Balaban J connectivity index is 2.00. The molecule has 124 valence electrons. The third kappa shape index (κ3) is 3.03. The van der Waals surface area contributed by atoms with Crippen LogP contribution in [0.5, 0.6) is 5.75 Å². The van der Waals surface area contributed by atoms with Crippen LogP contribution in [0.4, 0.5) is 4.39 Å². The summed E-state index contributed by atoms with van der Waals surface area (Å²) in [5.41, 5.74) is 9.64. The van der Waals surface area contributed by atoms with Crippen molar-refractivity contribution in [2.75, 3.05) is 13.7 Å². The lowest BCUT2D eigenvalue weighted by molar-refractivity contribution is 0.386. The van der Waals surface area contributed by atoms with Crippen molar-refractivity contribution in [1.29, 1.82) is 0 Å². The second-order valence-corrected chi connectivity index (χ2v) is 5.63. The maximum Gasteiger partial charge on any atom is 0.165 e. The summed E-state index contributed by atoms with van der Waals surface area (Å²) in [7, 11) is 3.33. The van der Waals surface area contributed by atoms with Crippen molar-refractivity contribution in [3.63, 3.8) is 0 Å². The fourth-order valence-electron chi connectivity index (χ4n) is 2.88. The summed E-state index contributed by atoms with van der Waals surface area (Å²) >= 11 is 0. The topological polar surface area (TPSA) is 53.1 Å². The Bertz CT molecular complexity index is 830. The maximum absolute atomic E-state index is 14.0. The Hall–Kier alpha value is -2.66. The number of nitrogens with two attached hydrogens (primary N) is 1. The summed E-state index contributed by atoms with van der Waals surface area (Å²) in [5, 5.41) is 4.57. The number of hydrogen-bond donors (Lipinski definition) is 1. The average molecular weight is 325 g/mol. The van der Waals surface area contributed by atoms with E-state index in [1.54, 1.807) is 6.07 Å². The highest BCUT2D eigenvalue weighted by Crippen LogP contribution is 2.29. The van der Waals surface area contributed by atoms with Gasteiger partial charge in [0.25, 0.3) is 0 Å². The van der Waals surface area contributed by atoms with Gasteiger partial charge >= 0.3 is 0 Å². The Labute approximate surface area is 140 Å². The van der Waals surface area contributed by atoms with E-state index in [9.17, 15) is 4.39 Å². The van der Waals surface area contributed by atoms with Gasteiger partial charge in [-0.05, 0) is 23.8 Å². The quantitative estimate of drug-likeness (QED) is 0.783. The number of rotatable bonds is 5. The van der Waals surface area contributed by atoms with Gasteiger partial charge in [0.1, 0.15) is 0 Å². The molecule has 0 aliphatic carbocycles. The molecule has 1 atom stereocenters. The molecule has 0 spiro atoms. The zero-order valence-electron chi connectivity index (χ0n) is 13.7. The summed E-state index contributed by atoms with van der Waals surface area (Å²) in [4.78, 5) is 0. The van der Waals surface area contributed by atoms with E-state index in [-0.39, 0.29) is 17.5 Å². The van der Waals surface area contributed by atoms with Gasteiger partial charge in [-0.2, -0.15) is 5.10 Å². The molecular weight excluding hydrogens is 305 g/mol. The van der Waals surface area contributed by atoms with Crippen molar-refractivity contribution in [1.82, 2.24) is 9.78 Å². The summed E-state index contributed by atoms with van der Waals surface area (Å²) < 4.78 is 20.8. The third-order valence-electron chi connectivity index (χ3n) is 4.16. The van der Waals surface area contributed by atoms with Gasteiger partial charge in [0.05, 0.1) is 12.8 Å². The molecule has 0 aliphatic rings. The van der Waals surface area contributed by atoms with E-state index in [2.05, 4.69) is 5.10 Å². The van der Waals surface area contributed by atoms with Crippen molar-refractivity contribution in [2.45, 2.75) is 5.92 Å². The fourth-order valence-corrected chi connectivity index (χ4v) is 2.88. The zero-order chi connectivity index (χ0) is 17.1. The normalized spacial score (nSPS) is 12.2. The minimum atomic E-state index is -0.390. The molecule has 1 heterocycles. The fraction of sp³-hybridized carbons (Fsp3) is 0.211. The first-order valence-corrected chi connectivity index (χ1v) is 7.77. The number of aryl methyl sites for hydroxylation is 1. The predicted octanol–water partition coefficient (Wildman–Crippen LogP) is 3.33. The van der Waals surface area contributed by atoms with Gasteiger partial charge in [-0.15, -0.1) is 0 Å². The second kappa shape index (κ2) is 6.84. The highest BCUT2D eigenvalue weighted by atomic mass is 19.1. The molecule has 2 aromatic carbocycles. The zero-order valence-corrected chi connectivity index (χ0v) is 13.7. The largest absolute Gasteiger partial charge is 0.494 e. The highest BCUT2D eigenvalue weighted by molar-refractivity contribution is 5.59. The number of hydrogen-bond acceptors (Lipinski definition) is 3. The van der Waals surface area contributed by atoms with Crippen molar-refractivity contribution >= 4 is 0 Å². The maximum atomic E-state index is 14.0. The minimum Gasteiger partial charge on any atom is -0.494 e. The average Bonchev–Trinajstić information content (AvgIpc) is 2.98. The van der Waals surface area contributed by atoms with Crippen LogP contribution in [0.3, 0.4) is 0 Å². The van der Waals surface area contributed by atoms with Gasteiger partial charge in [-0.3, -0.25) is 4.68 Å². The van der Waals surface area contributed by atoms with Crippen LogP contribution in [0, 0.1) is 5.82 Å². The monoisotopic (exact) mass is 325 g/mol. The molecule has 0 aliphatic heterocycles. The SMILES string of the molecule is COc1ccc(C(CN)c2cc(-c3ccccc3)nn2C)cc1F. The second-order valence-electron chi connectivity index (χ2n) is 5.63. The number of ether oxygens (including phenoxy) is 1. The van der Waals surface area contributed by atoms with E-state index in [1.807, 2.05) is 54.2 Å². The Morgan fingerprint density at radius 3 is 2.54 bits per heavy atom. The molecule has 0 amide bonds. The van der Waals surface area contributed by atoms with Crippen LogP contribution in [-0.2, 0) is 7.05 Å². The molecule has 5 heteroatoms. The molecule has 1 aromatic heterocycles. The number of nitrogens with zero attached hydrogens (tertiary/aromatic N) is 2. The van der Waals surface area contributed by atoms with Gasteiger partial charge in [0.2, 0.25) is 0 Å². The lowest BCUT2D eigenvalue weighted by atomic mass is 9.94. The van der Waals surface area contributed by atoms with E-state index >= 15 is 0 Å². The molecule has 0 saturated heterocycles. The standard InChI is InChI=1S/C19H20FN3O/c1-23-18(11-17(22-23)13-6-4-3-5-7-13)15(12-21)14-8-9-19(24-2)16(20)10-14/h3-11,15H,12,21H2,1-2H3. The van der Waals surface area contributed by atoms with Crippen molar-refractivity contribution in [3.8, 4) is 17.0 Å². The van der Waals surface area contributed by atoms with E-state index in [4.69, 9.17) is 10.5 Å². The molecular formula is C19H20FN3O. The number of halogens is 1. The van der Waals surface area contributed by atoms with Gasteiger partial charge < -0.3 is 10.5 Å². The Kier molecular flexibility index (Phi) is 4.62. The van der Waals surface area contributed by atoms with Crippen LogP contribution in [0.1, 0.15) is 17.2 Å². The van der Waals surface area contributed by atoms with Gasteiger partial charge in [0.15, 0.2) is 11.6 Å². The first kappa shape index (κ1) is 16.2. The van der Waals surface area contributed by atoms with Crippen molar-refractivity contribution in [3.05, 3.63) is 71.7 Å². The van der Waals surface area contributed by atoms with Gasteiger partial charge in [-0.1, -0.05) is 36.4 Å². The predicted molar refractivity (Wildman–Crippen MR) is 92.5 cm³/mol. The Morgan fingerprint density at radius 2 is 1.92 bits per heavy atom. The van der Waals surface area contributed by atoms with Crippen molar-refractivity contribution < 1.29 is 9.13 Å². The lowest BCUT2D eigenvalue weighted by Crippen LogP contribution is -2.17. The molecule has 3 aromatic rings. The first-order valence-electron chi connectivity index (χ1n) is 7.77. The number of methoxy groups -OCH3 is 1. The summed E-state index contributed by atoms with van der Waals surface area (Å²) in [6, 6.07) is 16.9. The summed E-state index contributed by atoms with van der Waals surface area (Å²) in [6.07, 6.45) is 0. The van der Waals surface area contributed by atoms with Crippen LogP contribution in [0.25, 0.3) is 11.3 Å². The molecule has 4 nitrogen and oxygen atoms in total. The van der Waals surface area contributed by atoms with E-state index < -0.39 is 0 Å². The first-order chi connectivity index (χ1) is 11.6. The molecule has 3 rings (SSSR count). The molecule has 0 radical (unpaired) electrons. The van der Waals surface area contributed by atoms with E-state index in [0.717, 1.165) is 22.5 Å². The minimum absolute atomic E-state index is 0.139. The van der Waals surface area contributed by atoms with Crippen LogP contribution in [0.15, 0.2) is 54.6 Å². The molecule has 0 bridgehead atoms. The smallest absolute Gasteiger partial charge is 0.165 e. The summed E-state index contributed by atoms with van der Waals surface area (Å²) in [5.74, 6) is -0.302. The van der Waals surface area contributed by atoms with Crippen LogP contribution in [0.2, 0.25) is 0 Å². The van der Waals surface area contributed by atoms with Crippen LogP contribution >= 0.6 is 0 Å². The van der Waals surface area contributed by atoms with E-state index in [0.29, 0.717) is 6.54 Å². The molecule has 0 saturated carbocycles. The highest BCUT2D eigenvalue weighted by Gasteiger charge is 2.19. The molecule has 2 N–H and O–H groups in total. The van der Waals surface area contributed by atoms with Crippen molar-refractivity contribution in [2.24, 2.45) is 12.8 Å². The summed E-state index contributed by atoms with van der Waals surface area (Å²) in [6.45, 7) is 0.361. The van der Waals surface area contributed by atoms with E-state index in [1.165, 1.54) is 13.2 Å². The van der Waals surface area contributed by atoms with Crippen LogP contribution in [-0.4, -0.2) is 23.4 Å². The van der Waals surface area contributed by atoms with Gasteiger partial charge in [-0.25, -0.2) is 4.39 Å². The molecule has 1 unspecified atom stereocenters.